The van der Waals surface area contributed by atoms with E-state index in [1.54, 1.807) is 47.9 Å². The molecule has 1 heterocycles. The van der Waals surface area contributed by atoms with Crippen LogP contribution in [0.25, 0.3) is 0 Å². The Balaban J connectivity index is 1.65. The normalized spacial score (nSPS) is 14.5. The van der Waals surface area contributed by atoms with Crippen LogP contribution in [0.2, 0.25) is 5.02 Å². The van der Waals surface area contributed by atoms with Crippen LogP contribution in [0, 0.1) is 0 Å². The Kier molecular flexibility index (Phi) is 7.98. The number of nitrogens with one attached hydrogen (secondary N) is 1. The van der Waals surface area contributed by atoms with Gasteiger partial charge in [-0.25, -0.2) is 4.79 Å². The lowest BCUT2D eigenvalue weighted by molar-refractivity contribution is -0.155. The lowest BCUT2D eigenvalue weighted by Gasteiger charge is -2.24. The molecule has 0 spiro atoms. The average molecular weight is 461 g/mol. The van der Waals surface area contributed by atoms with Crippen LogP contribution < -0.4 is 10.2 Å². The van der Waals surface area contributed by atoms with E-state index in [2.05, 4.69) is 5.32 Å². The summed E-state index contributed by atoms with van der Waals surface area (Å²) in [5.74, 6) is -0.634. The molecule has 0 saturated heterocycles. The number of carbonyl (C=O) groups is 3. The number of ether oxygens (including phenoxy) is 1. The number of hydrogen-bond acceptors (Lipinski definition) is 5. The van der Waals surface area contributed by atoms with E-state index in [9.17, 15) is 14.4 Å². The predicted octanol–water partition coefficient (Wildman–Crippen LogP) is 3.71. The Hall–Kier alpha value is -2.51. The van der Waals surface area contributed by atoms with Crippen molar-refractivity contribution >= 4 is 46.8 Å². The number of amides is 2. The van der Waals surface area contributed by atoms with Crippen molar-refractivity contribution in [3.8, 4) is 0 Å². The zero-order valence-corrected chi connectivity index (χ0v) is 19.0. The molecule has 0 radical (unpaired) electrons. The fourth-order valence-corrected chi connectivity index (χ4v) is 4.02. The Morgan fingerprint density at radius 2 is 1.87 bits per heavy atom. The second-order valence-corrected chi connectivity index (χ2v) is 8.68. The molecule has 2 aromatic carbocycles. The number of fused-ring (bicyclic) bond motifs is 1. The first kappa shape index (κ1) is 23.2. The van der Waals surface area contributed by atoms with Gasteiger partial charge in [0.05, 0.1) is 0 Å². The van der Waals surface area contributed by atoms with Crippen LogP contribution in [0.15, 0.2) is 48.5 Å². The molecular weight excluding hydrogens is 436 g/mol. The number of carbonyl (C=O) groups excluding carboxylic acids is 3. The fraction of sp³-hybridized carbons (Fsp3) is 0.348. The predicted molar refractivity (Wildman–Crippen MR) is 124 cm³/mol. The summed E-state index contributed by atoms with van der Waals surface area (Å²) in [5, 5.41) is 3.24. The summed E-state index contributed by atoms with van der Waals surface area (Å²) in [4.78, 5) is 39.9. The van der Waals surface area contributed by atoms with Crippen LogP contribution in [0.3, 0.4) is 0 Å². The van der Waals surface area contributed by atoms with Crippen LogP contribution >= 0.6 is 23.4 Å². The molecule has 3 rings (SSSR count). The fourth-order valence-electron chi connectivity index (χ4n) is 3.42. The molecule has 0 bridgehead atoms. The molecule has 164 valence electrons. The third kappa shape index (κ3) is 5.80. The van der Waals surface area contributed by atoms with E-state index in [4.69, 9.17) is 16.3 Å². The van der Waals surface area contributed by atoms with Crippen molar-refractivity contribution in [2.45, 2.75) is 31.9 Å². The standard InChI is InChI=1S/C23H25ClN2O4S/c1-15(22(28)26-13-11-16-5-3-4-6-20(16)26)30-23(29)19(12-14-31-2)25-21(27)17-7-9-18(24)10-8-17/h3-10,15,19H,11-14H2,1-2H3,(H,25,27)/t15-,19-/m1/s1. The quantitative estimate of drug-likeness (QED) is 0.608. The lowest BCUT2D eigenvalue weighted by atomic mass is 10.1. The van der Waals surface area contributed by atoms with E-state index < -0.39 is 24.0 Å². The smallest absolute Gasteiger partial charge is 0.329 e. The van der Waals surface area contributed by atoms with Crippen LogP contribution in [0.4, 0.5) is 5.69 Å². The molecule has 1 N–H and O–H groups in total. The van der Waals surface area contributed by atoms with Gasteiger partial charge >= 0.3 is 5.97 Å². The van der Waals surface area contributed by atoms with Gasteiger partial charge < -0.3 is 15.0 Å². The third-order valence-corrected chi connectivity index (χ3v) is 6.00. The van der Waals surface area contributed by atoms with Gasteiger partial charge in [-0.2, -0.15) is 11.8 Å². The van der Waals surface area contributed by atoms with Crippen molar-refractivity contribution in [1.82, 2.24) is 5.32 Å². The number of benzene rings is 2. The van der Waals surface area contributed by atoms with Gasteiger partial charge in [0.1, 0.15) is 6.04 Å². The van der Waals surface area contributed by atoms with Gasteiger partial charge in [0.25, 0.3) is 11.8 Å². The van der Waals surface area contributed by atoms with Crippen LogP contribution in [0.1, 0.15) is 29.3 Å². The van der Waals surface area contributed by atoms with Gasteiger partial charge in [-0.05, 0) is 67.7 Å². The van der Waals surface area contributed by atoms with Crippen LogP contribution in [-0.4, -0.2) is 48.5 Å². The molecule has 2 amide bonds. The molecule has 0 saturated carbocycles. The number of halogens is 1. The molecule has 0 aliphatic carbocycles. The Morgan fingerprint density at radius 3 is 2.58 bits per heavy atom. The minimum Gasteiger partial charge on any atom is -0.451 e. The van der Waals surface area contributed by atoms with Crippen LogP contribution in [-0.2, 0) is 20.7 Å². The highest BCUT2D eigenvalue weighted by Crippen LogP contribution is 2.28. The summed E-state index contributed by atoms with van der Waals surface area (Å²) in [5.41, 5.74) is 2.34. The van der Waals surface area contributed by atoms with E-state index >= 15 is 0 Å². The summed E-state index contributed by atoms with van der Waals surface area (Å²) in [7, 11) is 0. The first-order valence-electron chi connectivity index (χ1n) is 10.1. The second kappa shape index (κ2) is 10.7. The van der Waals surface area contributed by atoms with Gasteiger partial charge in [-0.1, -0.05) is 29.8 Å². The molecule has 2 atom stereocenters. The van der Waals surface area contributed by atoms with Gasteiger partial charge in [0.2, 0.25) is 0 Å². The molecule has 0 aromatic heterocycles. The summed E-state index contributed by atoms with van der Waals surface area (Å²) in [6.07, 6.45) is 2.13. The molecule has 1 aliphatic rings. The first-order chi connectivity index (χ1) is 14.9. The average Bonchev–Trinajstić information content (AvgIpc) is 3.20. The van der Waals surface area contributed by atoms with Crippen molar-refractivity contribution in [3.63, 3.8) is 0 Å². The zero-order chi connectivity index (χ0) is 22.4. The second-order valence-electron chi connectivity index (χ2n) is 7.26. The number of thioether (sulfide) groups is 1. The Labute approximate surface area is 191 Å². The number of para-hydroxylation sites is 1. The highest BCUT2D eigenvalue weighted by molar-refractivity contribution is 7.98. The van der Waals surface area contributed by atoms with E-state index in [1.807, 2.05) is 30.5 Å². The van der Waals surface area contributed by atoms with Crippen molar-refractivity contribution in [2.75, 3.05) is 23.5 Å². The molecule has 8 heteroatoms. The minimum atomic E-state index is -0.956. The lowest BCUT2D eigenvalue weighted by Crippen LogP contribution is -2.46. The van der Waals surface area contributed by atoms with Crippen molar-refractivity contribution in [1.29, 1.82) is 0 Å². The zero-order valence-electron chi connectivity index (χ0n) is 17.5. The maximum Gasteiger partial charge on any atom is 0.329 e. The number of anilines is 1. The van der Waals surface area contributed by atoms with Gasteiger partial charge in [-0.15, -0.1) is 0 Å². The Morgan fingerprint density at radius 1 is 1.16 bits per heavy atom. The molecule has 2 aromatic rings. The minimum absolute atomic E-state index is 0.272. The molecule has 1 aliphatic heterocycles. The molecule has 0 fully saturated rings. The molecule has 31 heavy (non-hydrogen) atoms. The van der Waals surface area contributed by atoms with E-state index in [0.29, 0.717) is 29.3 Å². The number of rotatable bonds is 8. The Bertz CT molecular complexity index is 951. The first-order valence-corrected chi connectivity index (χ1v) is 11.8. The third-order valence-electron chi connectivity index (χ3n) is 5.10. The number of hydrogen-bond donors (Lipinski definition) is 1. The number of esters is 1. The summed E-state index contributed by atoms with van der Waals surface area (Å²) < 4.78 is 5.48. The van der Waals surface area contributed by atoms with E-state index in [1.165, 1.54) is 0 Å². The summed E-state index contributed by atoms with van der Waals surface area (Å²) in [6.45, 7) is 2.12. The number of nitrogens with zero attached hydrogens (tertiary/aromatic N) is 1. The largest absolute Gasteiger partial charge is 0.451 e. The molecule has 0 unspecified atom stereocenters. The van der Waals surface area contributed by atoms with E-state index in [0.717, 1.165) is 17.7 Å². The van der Waals surface area contributed by atoms with Crippen molar-refractivity contribution < 1.29 is 19.1 Å². The SMILES string of the molecule is CSCC[C@@H](NC(=O)c1ccc(Cl)cc1)C(=O)O[C@H](C)C(=O)N1CCc2ccccc21. The van der Waals surface area contributed by atoms with Crippen LogP contribution in [0.5, 0.6) is 0 Å². The maximum atomic E-state index is 12.9. The van der Waals surface area contributed by atoms with Gasteiger partial charge in [0.15, 0.2) is 6.10 Å². The maximum absolute atomic E-state index is 12.9. The van der Waals surface area contributed by atoms with Gasteiger partial charge in [0, 0.05) is 22.8 Å². The highest BCUT2D eigenvalue weighted by Gasteiger charge is 2.32. The topological polar surface area (TPSA) is 75.7 Å². The highest BCUT2D eigenvalue weighted by atomic mass is 35.5. The van der Waals surface area contributed by atoms with E-state index in [-0.39, 0.29) is 5.91 Å². The summed E-state index contributed by atoms with van der Waals surface area (Å²) in [6, 6.07) is 13.3. The van der Waals surface area contributed by atoms with Crippen molar-refractivity contribution in [2.24, 2.45) is 0 Å². The van der Waals surface area contributed by atoms with Gasteiger partial charge in [-0.3, -0.25) is 9.59 Å². The summed E-state index contributed by atoms with van der Waals surface area (Å²) >= 11 is 7.43. The van der Waals surface area contributed by atoms with Crippen molar-refractivity contribution in [3.05, 3.63) is 64.7 Å². The molecule has 6 nitrogen and oxygen atoms in total. The molecular formula is C23H25ClN2O4S. The monoisotopic (exact) mass is 460 g/mol.